The molecule has 0 N–H and O–H groups in total. The van der Waals surface area contributed by atoms with Gasteiger partial charge in [0.2, 0.25) is 0 Å². The molecule has 5 nitrogen and oxygen atoms in total. The number of carbonyl (C=O) groups is 1. The van der Waals surface area contributed by atoms with E-state index in [-0.39, 0.29) is 17.5 Å². The number of hydrogen-bond donors (Lipinski definition) is 0. The second-order valence-corrected chi connectivity index (χ2v) is 6.97. The number of likely N-dealkylation sites (tertiary alicyclic amines) is 1. The summed E-state index contributed by atoms with van der Waals surface area (Å²) in [6.45, 7) is 2.20. The zero-order chi connectivity index (χ0) is 20.1. The zero-order valence-corrected chi connectivity index (χ0v) is 16.5. The molecule has 1 heterocycles. The van der Waals surface area contributed by atoms with Crippen molar-refractivity contribution in [1.29, 1.82) is 0 Å². The van der Waals surface area contributed by atoms with Crippen LogP contribution >= 0.6 is 0 Å². The molecule has 0 amide bonds. The van der Waals surface area contributed by atoms with Gasteiger partial charge >= 0.3 is 0 Å². The van der Waals surface area contributed by atoms with Gasteiger partial charge in [-0.05, 0) is 55.8 Å². The van der Waals surface area contributed by atoms with Crippen molar-refractivity contribution >= 4 is 5.78 Å². The number of carbonyl (C=O) groups excluding carboxylic acids is 1. The normalized spacial score (nSPS) is 17.2. The van der Waals surface area contributed by atoms with Crippen LogP contribution in [0.3, 0.4) is 0 Å². The van der Waals surface area contributed by atoms with Crippen molar-refractivity contribution < 1.29 is 23.4 Å². The lowest BCUT2D eigenvalue weighted by Gasteiger charge is -2.32. The first-order valence-corrected chi connectivity index (χ1v) is 9.36. The van der Waals surface area contributed by atoms with Crippen LogP contribution in [0.25, 0.3) is 0 Å². The minimum atomic E-state index is -0.512. The van der Waals surface area contributed by atoms with E-state index in [4.69, 9.17) is 14.2 Å². The highest BCUT2D eigenvalue weighted by Gasteiger charge is 2.27. The van der Waals surface area contributed by atoms with E-state index in [0.717, 1.165) is 36.4 Å². The predicted octanol–water partition coefficient (Wildman–Crippen LogP) is 3.95. The summed E-state index contributed by atoms with van der Waals surface area (Å²) >= 11 is 0. The van der Waals surface area contributed by atoms with Crippen LogP contribution in [-0.2, 0) is 6.54 Å². The molecule has 150 valence electrons. The van der Waals surface area contributed by atoms with Gasteiger partial charge in [-0.1, -0.05) is 0 Å². The molecule has 0 unspecified atom stereocenters. The standard InChI is InChI=1S/C22H26FNO4/c1-26-18-7-9-20(27-2)17(11-18)14-24-10-4-5-16(13-24)22(25)15-6-8-21(28-3)19(23)12-15/h6-9,11-12,16H,4-5,10,13-14H2,1-3H3/t16-/m0/s1. The van der Waals surface area contributed by atoms with Crippen LogP contribution in [0.1, 0.15) is 28.8 Å². The van der Waals surface area contributed by atoms with E-state index >= 15 is 0 Å². The molecule has 1 fully saturated rings. The van der Waals surface area contributed by atoms with Gasteiger partial charge in [0.25, 0.3) is 0 Å². The van der Waals surface area contributed by atoms with Crippen molar-refractivity contribution in [2.24, 2.45) is 5.92 Å². The molecule has 28 heavy (non-hydrogen) atoms. The maximum Gasteiger partial charge on any atom is 0.167 e. The first-order chi connectivity index (χ1) is 13.5. The van der Waals surface area contributed by atoms with Gasteiger partial charge in [-0.3, -0.25) is 9.69 Å². The minimum Gasteiger partial charge on any atom is -0.497 e. The lowest BCUT2D eigenvalue weighted by molar-refractivity contribution is 0.0810. The molecule has 2 aromatic carbocycles. The number of Topliss-reactive ketones (excluding diaryl/α,β-unsaturated/α-hetero) is 1. The van der Waals surface area contributed by atoms with Crippen LogP contribution in [0.5, 0.6) is 17.2 Å². The van der Waals surface area contributed by atoms with Crippen LogP contribution in [0.15, 0.2) is 36.4 Å². The topological polar surface area (TPSA) is 48.0 Å². The molecule has 3 rings (SSSR count). The number of ether oxygens (including phenoxy) is 3. The largest absolute Gasteiger partial charge is 0.497 e. The number of ketones is 1. The fourth-order valence-corrected chi connectivity index (χ4v) is 3.71. The highest BCUT2D eigenvalue weighted by atomic mass is 19.1. The lowest BCUT2D eigenvalue weighted by Crippen LogP contribution is -2.38. The van der Waals surface area contributed by atoms with Gasteiger partial charge in [0.1, 0.15) is 11.5 Å². The first kappa shape index (κ1) is 20.1. The van der Waals surface area contributed by atoms with Crippen LogP contribution in [0.4, 0.5) is 4.39 Å². The predicted molar refractivity (Wildman–Crippen MR) is 105 cm³/mol. The summed E-state index contributed by atoms with van der Waals surface area (Å²) in [7, 11) is 4.69. The van der Waals surface area contributed by atoms with Gasteiger partial charge in [0.15, 0.2) is 17.3 Å². The molecule has 1 aliphatic heterocycles. The van der Waals surface area contributed by atoms with Crippen molar-refractivity contribution in [2.45, 2.75) is 19.4 Å². The van der Waals surface area contributed by atoms with Gasteiger partial charge in [0, 0.05) is 30.1 Å². The second kappa shape index (κ2) is 9.06. The van der Waals surface area contributed by atoms with Gasteiger partial charge in [-0.25, -0.2) is 4.39 Å². The number of halogens is 1. The highest BCUT2D eigenvalue weighted by Crippen LogP contribution is 2.29. The maximum atomic E-state index is 14.0. The van der Waals surface area contributed by atoms with Crippen LogP contribution in [0.2, 0.25) is 0 Å². The van der Waals surface area contributed by atoms with Gasteiger partial charge < -0.3 is 14.2 Å². The highest BCUT2D eigenvalue weighted by molar-refractivity contribution is 5.98. The Kier molecular flexibility index (Phi) is 6.52. The number of rotatable bonds is 7. The van der Waals surface area contributed by atoms with E-state index < -0.39 is 5.82 Å². The van der Waals surface area contributed by atoms with E-state index in [1.165, 1.54) is 19.2 Å². The van der Waals surface area contributed by atoms with Gasteiger partial charge in [-0.15, -0.1) is 0 Å². The Bertz CT molecular complexity index is 839. The van der Waals surface area contributed by atoms with Crippen LogP contribution in [-0.4, -0.2) is 45.1 Å². The lowest BCUT2D eigenvalue weighted by atomic mass is 9.89. The fourth-order valence-electron chi connectivity index (χ4n) is 3.71. The fraction of sp³-hybridized carbons (Fsp3) is 0.409. The Hall–Kier alpha value is -2.60. The average molecular weight is 387 g/mol. The summed E-state index contributed by atoms with van der Waals surface area (Å²) in [4.78, 5) is 15.1. The van der Waals surface area contributed by atoms with Crippen molar-refractivity contribution in [3.63, 3.8) is 0 Å². The number of hydrogen-bond acceptors (Lipinski definition) is 5. The molecule has 0 saturated carbocycles. The summed E-state index contributed by atoms with van der Waals surface area (Å²) in [5.74, 6) is 1.02. The molecule has 1 aliphatic rings. The first-order valence-electron chi connectivity index (χ1n) is 9.36. The van der Waals surface area contributed by atoms with E-state index in [1.807, 2.05) is 18.2 Å². The molecule has 2 aromatic rings. The molecule has 1 atom stereocenters. The zero-order valence-electron chi connectivity index (χ0n) is 16.5. The number of methoxy groups -OCH3 is 3. The van der Waals surface area contributed by atoms with Gasteiger partial charge in [-0.2, -0.15) is 0 Å². The van der Waals surface area contributed by atoms with Gasteiger partial charge in [0.05, 0.1) is 21.3 Å². The van der Waals surface area contributed by atoms with E-state index in [1.54, 1.807) is 20.3 Å². The SMILES string of the molecule is COc1ccc(OC)c(CN2CCC[C@H](C(=O)c3ccc(OC)c(F)c3)C2)c1. The van der Waals surface area contributed by atoms with Crippen molar-refractivity contribution in [3.8, 4) is 17.2 Å². The summed E-state index contributed by atoms with van der Waals surface area (Å²) in [6.07, 6.45) is 1.72. The maximum absolute atomic E-state index is 14.0. The van der Waals surface area contributed by atoms with E-state index in [2.05, 4.69) is 4.90 Å². The van der Waals surface area contributed by atoms with Crippen LogP contribution in [0, 0.1) is 11.7 Å². The third-order valence-electron chi connectivity index (χ3n) is 5.19. The molecule has 0 aliphatic carbocycles. The third kappa shape index (κ3) is 4.44. The minimum absolute atomic E-state index is 0.0242. The molecule has 0 bridgehead atoms. The molecular weight excluding hydrogens is 361 g/mol. The van der Waals surface area contributed by atoms with E-state index in [0.29, 0.717) is 18.7 Å². The Morgan fingerprint density at radius 3 is 2.50 bits per heavy atom. The van der Waals surface area contributed by atoms with E-state index in [9.17, 15) is 9.18 Å². The summed E-state index contributed by atoms with van der Waals surface area (Å²) in [6, 6.07) is 10.1. The Morgan fingerprint density at radius 2 is 1.82 bits per heavy atom. The Balaban J connectivity index is 1.72. The van der Waals surface area contributed by atoms with Crippen molar-refractivity contribution in [3.05, 3.63) is 53.3 Å². The number of benzene rings is 2. The Labute approximate surface area is 165 Å². The molecular formula is C22H26FNO4. The number of piperidine rings is 1. The van der Waals surface area contributed by atoms with Crippen molar-refractivity contribution in [2.75, 3.05) is 34.4 Å². The molecule has 0 spiro atoms. The Morgan fingerprint density at radius 1 is 1.07 bits per heavy atom. The summed E-state index contributed by atoms with van der Waals surface area (Å²) < 4.78 is 29.7. The average Bonchev–Trinajstić information content (AvgIpc) is 2.73. The molecule has 0 aromatic heterocycles. The molecule has 0 radical (unpaired) electrons. The summed E-state index contributed by atoms with van der Waals surface area (Å²) in [5.41, 5.74) is 1.41. The van der Waals surface area contributed by atoms with Crippen LogP contribution < -0.4 is 14.2 Å². The van der Waals surface area contributed by atoms with Crippen molar-refractivity contribution in [1.82, 2.24) is 4.90 Å². The smallest absolute Gasteiger partial charge is 0.167 e. The second-order valence-electron chi connectivity index (χ2n) is 6.97. The molecule has 1 saturated heterocycles. The quantitative estimate of drug-likeness (QED) is 0.674. The monoisotopic (exact) mass is 387 g/mol. The third-order valence-corrected chi connectivity index (χ3v) is 5.19. The summed E-state index contributed by atoms with van der Waals surface area (Å²) in [5, 5.41) is 0. The number of nitrogens with zero attached hydrogens (tertiary/aromatic N) is 1. The molecule has 6 heteroatoms.